The Kier molecular flexibility index (Phi) is 7.56. The molecule has 0 bridgehead atoms. The largest absolute Gasteiger partial charge is 0.452 e. The first-order valence-corrected chi connectivity index (χ1v) is 10.2. The van der Waals surface area contributed by atoms with Gasteiger partial charge in [-0.2, -0.15) is 0 Å². The van der Waals surface area contributed by atoms with Gasteiger partial charge in [-0.3, -0.25) is 4.79 Å². The summed E-state index contributed by atoms with van der Waals surface area (Å²) in [5, 5.41) is 3.31. The van der Waals surface area contributed by atoms with E-state index in [1.165, 1.54) is 38.4 Å². The van der Waals surface area contributed by atoms with E-state index < -0.39 is 28.5 Å². The Morgan fingerprint density at radius 1 is 1.04 bits per heavy atom. The molecule has 0 spiro atoms. The predicted molar refractivity (Wildman–Crippen MR) is 106 cm³/mol. The molecule has 2 aromatic carbocycles. The van der Waals surface area contributed by atoms with Crippen molar-refractivity contribution in [3.63, 3.8) is 0 Å². The number of carbonyl (C=O) groups excluding carboxylic acids is 2. The van der Waals surface area contributed by atoms with Crippen molar-refractivity contribution in [1.82, 2.24) is 9.62 Å². The number of amides is 1. The molecule has 0 aliphatic rings. The van der Waals surface area contributed by atoms with E-state index in [0.717, 1.165) is 9.87 Å². The standard InChI is InChI=1S/C19H21ClN2O5S/c1-22(2)28(25,26)17-9-5-15(6-10-17)19(24)27-13-18(23)21-12-11-14-3-7-16(20)8-4-14/h3-10H,11-13H2,1-2H3,(H,21,23). The number of nitrogens with one attached hydrogen (secondary N) is 1. The number of hydrogen-bond acceptors (Lipinski definition) is 5. The molecule has 9 heteroatoms. The van der Waals surface area contributed by atoms with Crippen LogP contribution in [0.2, 0.25) is 5.02 Å². The Hall–Kier alpha value is -2.42. The first kappa shape index (κ1) is 21.9. The lowest BCUT2D eigenvalue weighted by Crippen LogP contribution is -2.30. The summed E-state index contributed by atoms with van der Waals surface area (Å²) in [4.78, 5) is 23.8. The molecular weight excluding hydrogens is 404 g/mol. The van der Waals surface area contributed by atoms with E-state index in [9.17, 15) is 18.0 Å². The molecule has 2 rings (SSSR count). The number of halogens is 1. The van der Waals surface area contributed by atoms with E-state index in [4.69, 9.17) is 16.3 Å². The molecule has 0 saturated carbocycles. The molecule has 0 atom stereocenters. The number of esters is 1. The maximum Gasteiger partial charge on any atom is 0.338 e. The van der Waals surface area contributed by atoms with Gasteiger partial charge in [-0.05, 0) is 48.4 Å². The summed E-state index contributed by atoms with van der Waals surface area (Å²) in [7, 11) is -0.732. The third-order valence-corrected chi connectivity index (χ3v) is 5.93. The van der Waals surface area contributed by atoms with Crippen LogP contribution in [0.4, 0.5) is 0 Å². The Balaban J connectivity index is 1.79. The quantitative estimate of drug-likeness (QED) is 0.655. The highest BCUT2D eigenvalue weighted by atomic mass is 35.5. The summed E-state index contributed by atoms with van der Waals surface area (Å²) in [5.41, 5.74) is 1.18. The SMILES string of the molecule is CN(C)S(=O)(=O)c1ccc(C(=O)OCC(=O)NCCc2ccc(Cl)cc2)cc1. The minimum atomic E-state index is -3.57. The maximum atomic E-state index is 12.0. The van der Waals surface area contributed by atoms with E-state index in [1.807, 2.05) is 12.1 Å². The molecule has 1 amide bonds. The molecule has 28 heavy (non-hydrogen) atoms. The van der Waals surface area contributed by atoms with Crippen molar-refractivity contribution in [2.24, 2.45) is 0 Å². The van der Waals surface area contributed by atoms with Crippen LogP contribution in [0.1, 0.15) is 15.9 Å². The van der Waals surface area contributed by atoms with Gasteiger partial charge in [0.05, 0.1) is 10.5 Å². The highest BCUT2D eigenvalue weighted by Crippen LogP contribution is 2.14. The molecule has 0 aliphatic carbocycles. The smallest absolute Gasteiger partial charge is 0.338 e. The Morgan fingerprint density at radius 2 is 1.64 bits per heavy atom. The van der Waals surface area contributed by atoms with Crippen LogP contribution < -0.4 is 5.32 Å². The van der Waals surface area contributed by atoms with Gasteiger partial charge in [0.25, 0.3) is 5.91 Å². The zero-order valence-corrected chi connectivity index (χ0v) is 17.1. The molecule has 0 heterocycles. The lowest BCUT2D eigenvalue weighted by Gasteiger charge is -2.11. The second kappa shape index (κ2) is 9.68. The highest BCUT2D eigenvalue weighted by molar-refractivity contribution is 7.89. The first-order valence-electron chi connectivity index (χ1n) is 8.41. The van der Waals surface area contributed by atoms with E-state index >= 15 is 0 Å². The third kappa shape index (κ3) is 6.05. The van der Waals surface area contributed by atoms with Crippen molar-refractivity contribution in [2.75, 3.05) is 27.2 Å². The third-order valence-electron chi connectivity index (χ3n) is 3.85. The van der Waals surface area contributed by atoms with Gasteiger partial charge in [-0.25, -0.2) is 17.5 Å². The van der Waals surface area contributed by atoms with Crippen molar-refractivity contribution in [3.8, 4) is 0 Å². The van der Waals surface area contributed by atoms with Gasteiger partial charge in [0.15, 0.2) is 6.61 Å². The number of nitrogens with zero attached hydrogens (tertiary/aromatic N) is 1. The topological polar surface area (TPSA) is 92.8 Å². The van der Waals surface area contributed by atoms with E-state index in [2.05, 4.69) is 5.32 Å². The average Bonchev–Trinajstić information content (AvgIpc) is 2.67. The van der Waals surface area contributed by atoms with Gasteiger partial charge < -0.3 is 10.1 Å². The fourth-order valence-electron chi connectivity index (χ4n) is 2.24. The fraction of sp³-hybridized carbons (Fsp3) is 0.263. The average molecular weight is 425 g/mol. The summed E-state index contributed by atoms with van der Waals surface area (Å²) < 4.78 is 30.0. The molecule has 0 radical (unpaired) electrons. The van der Waals surface area contributed by atoms with Gasteiger partial charge in [-0.1, -0.05) is 23.7 Å². The molecule has 0 aliphatic heterocycles. The summed E-state index contributed by atoms with van der Waals surface area (Å²) in [6, 6.07) is 12.6. The molecule has 0 aromatic heterocycles. The Bertz CT molecular complexity index is 926. The van der Waals surface area contributed by atoms with Gasteiger partial charge in [0.1, 0.15) is 0 Å². The molecule has 7 nitrogen and oxygen atoms in total. The van der Waals surface area contributed by atoms with Crippen molar-refractivity contribution in [1.29, 1.82) is 0 Å². The van der Waals surface area contributed by atoms with Crippen molar-refractivity contribution in [3.05, 3.63) is 64.7 Å². The molecular formula is C19H21ClN2O5S. The van der Waals surface area contributed by atoms with Crippen LogP contribution in [0.3, 0.4) is 0 Å². The zero-order valence-electron chi connectivity index (χ0n) is 15.5. The molecule has 2 aromatic rings. The molecule has 1 N–H and O–H groups in total. The van der Waals surface area contributed by atoms with Gasteiger partial charge in [-0.15, -0.1) is 0 Å². The van der Waals surface area contributed by atoms with Crippen LogP contribution in [0.25, 0.3) is 0 Å². The first-order chi connectivity index (χ1) is 13.2. The minimum Gasteiger partial charge on any atom is -0.452 e. The van der Waals surface area contributed by atoms with Crippen molar-refractivity contribution < 1.29 is 22.7 Å². The highest BCUT2D eigenvalue weighted by Gasteiger charge is 2.18. The van der Waals surface area contributed by atoms with Gasteiger partial charge in [0, 0.05) is 25.7 Å². The van der Waals surface area contributed by atoms with Crippen LogP contribution in [-0.2, 0) is 26.0 Å². The summed E-state index contributed by atoms with van der Waals surface area (Å²) >= 11 is 5.81. The van der Waals surface area contributed by atoms with Gasteiger partial charge in [0.2, 0.25) is 10.0 Å². The van der Waals surface area contributed by atoms with E-state index in [0.29, 0.717) is 18.0 Å². The van der Waals surface area contributed by atoms with Crippen LogP contribution in [0.15, 0.2) is 53.4 Å². The number of hydrogen-bond donors (Lipinski definition) is 1. The second-order valence-corrected chi connectivity index (χ2v) is 8.70. The number of carbonyl (C=O) groups is 2. The summed E-state index contributed by atoms with van der Waals surface area (Å²) in [6.07, 6.45) is 0.624. The molecule has 0 unspecified atom stereocenters. The van der Waals surface area contributed by atoms with Crippen LogP contribution in [-0.4, -0.2) is 51.8 Å². The maximum absolute atomic E-state index is 12.0. The molecule has 150 valence electrons. The number of benzene rings is 2. The normalized spacial score (nSPS) is 11.3. The Labute approximate surface area is 169 Å². The summed E-state index contributed by atoms with van der Waals surface area (Å²) in [5.74, 6) is -1.13. The molecule has 0 saturated heterocycles. The minimum absolute atomic E-state index is 0.0639. The second-order valence-electron chi connectivity index (χ2n) is 6.11. The lowest BCUT2D eigenvalue weighted by atomic mass is 10.1. The van der Waals surface area contributed by atoms with E-state index in [-0.39, 0.29) is 10.5 Å². The lowest BCUT2D eigenvalue weighted by molar-refractivity contribution is -0.124. The monoisotopic (exact) mass is 424 g/mol. The zero-order chi connectivity index (χ0) is 20.7. The van der Waals surface area contributed by atoms with Gasteiger partial charge >= 0.3 is 5.97 Å². The van der Waals surface area contributed by atoms with Crippen molar-refractivity contribution in [2.45, 2.75) is 11.3 Å². The molecule has 0 fully saturated rings. The summed E-state index contributed by atoms with van der Waals surface area (Å²) in [6.45, 7) is -0.0215. The number of ether oxygens (including phenoxy) is 1. The van der Waals surface area contributed by atoms with Crippen molar-refractivity contribution >= 4 is 33.5 Å². The predicted octanol–water partition coefficient (Wildman–Crippen LogP) is 2.11. The van der Waals surface area contributed by atoms with Crippen LogP contribution >= 0.6 is 11.6 Å². The van der Waals surface area contributed by atoms with Crippen LogP contribution in [0, 0.1) is 0 Å². The number of rotatable bonds is 8. The number of sulfonamides is 1. The van der Waals surface area contributed by atoms with E-state index in [1.54, 1.807) is 12.1 Å². The van der Waals surface area contributed by atoms with Crippen LogP contribution in [0.5, 0.6) is 0 Å². The Morgan fingerprint density at radius 3 is 2.21 bits per heavy atom. The fourth-order valence-corrected chi connectivity index (χ4v) is 3.26.